The lowest BCUT2D eigenvalue weighted by Crippen LogP contribution is -2.09. The minimum absolute atomic E-state index is 0.104. The molecule has 2 heterocycles. The van der Waals surface area contributed by atoms with E-state index in [1.54, 1.807) is 0 Å². The first-order valence-corrected chi connectivity index (χ1v) is 6.92. The van der Waals surface area contributed by atoms with Crippen molar-refractivity contribution in [1.29, 1.82) is 0 Å². The zero-order chi connectivity index (χ0) is 13.0. The average Bonchev–Trinajstić information content (AvgIpc) is 2.72. The summed E-state index contributed by atoms with van der Waals surface area (Å²) in [4.78, 5) is 22.3. The molecule has 0 unspecified atom stereocenters. The quantitative estimate of drug-likeness (QED) is 0.695. The Morgan fingerprint density at radius 3 is 2.94 bits per heavy atom. The molecule has 0 amide bonds. The zero-order valence-electron chi connectivity index (χ0n) is 10.3. The molecule has 0 spiro atoms. The van der Waals surface area contributed by atoms with Crippen molar-refractivity contribution in [1.82, 2.24) is 15.0 Å². The Morgan fingerprint density at radius 1 is 1.33 bits per heavy atom. The summed E-state index contributed by atoms with van der Waals surface area (Å²) < 4.78 is 0.514. The van der Waals surface area contributed by atoms with Gasteiger partial charge < -0.3 is 11.1 Å². The van der Waals surface area contributed by atoms with Crippen LogP contribution in [0.2, 0.25) is 0 Å². The van der Waals surface area contributed by atoms with Gasteiger partial charge in [-0.2, -0.15) is 9.97 Å². The first-order chi connectivity index (χ1) is 8.70. The lowest BCUT2D eigenvalue weighted by Gasteiger charge is -2.00. The van der Waals surface area contributed by atoms with Crippen LogP contribution in [0.1, 0.15) is 32.6 Å². The maximum atomic E-state index is 11.6. The number of fused-ring (bicyclic) bond motifs is 1. The highest BCUT2D eigenvalue weighted by atomic mass is 32.1. The number of rotatable bonds is 6. The lowest BCUT2D eigenvalue weighted by molar-refractivity contribution is 0.685. The van der Waals surface area contributed by atoms with Crippen molar-refractivity contribution in [2.75, 3.05) is 17.6 Å². The van der Waals surface area contributed by atoms with Crippen molar-refractivity contribution < 1.29 is 0 Å². The summed E-state index contributed by atoms with van der Waals surface area (Å²) in [6.45, 7) is 3.05. The van der Waals surface area contributed by atoms with E-state index in [2.05, 4.69) is 27.2 Å². The molecule has 2 rings (SSSR count). The summed E-state index contributed by atoms with van der Waals surface area (Å²) in [5, 5.41) is 3.94. The molecule has 0 fully saturated rings. The number of hydrogen-bond donors (Lipinski definition) is 3. The molecule has 0 aromatic carbocycles. The number of nitrogen functional groups attached to an aromatic ring is 1. The van der Waals surface area contributed by atoms with Crippen molar-refractivity contribution in [3.63, 3.8) is 0 Å². The van der Waals surface area contributed by atoms with Gasteiger partial charge in [-0.1, -0.05) is 37.5 Å². The van der Waals surface area contributed by atoms with E-state index in [4.69, 9.17) is 5.73 Å². The predicted octanol–water partition coefficient (Wildman–Crippen LogP) is 1.95. The molecule has 0 aliphatic heterocycles. The van der Waals surface area contributed by atoms with Crippen LogP contribution >= 0.6 is 11.3 Å². The molecular weight excluding hydrogens is 250 g/mol. The van der Waals surface area contributed by atoms with E-state index >= 15 is 0 Å². The molecule has 0 saturated carbocycles. The van der Waals surface area contributed by atoms with Crippen LogP contribution in [0.3, 0.4) is 0 Å². The molecule has 2 aromatic heterocycles. The van der Waals surface area contributed by atoms with Crippen molar-refractivity contribution in [3.8, 4) is 0 Å². The Morgan fingerprint density at radius 2 is 2.17 bits per heavy atom. The molecule has 2 aromatic rings. The van der Waals surface area contributed by atoms with E-state index in [9.17, 15) is 4.79 Å². The average molecular weight is 267 g/mol. The third-order valence-electron chi connectivity index (χ3n) is 2.59. The summed E-state index contributed by atoms with van der Waals surface area (Å²) >= 11 is 1.31. The van der Waals surface area contributed by atoms with Crippen LogP contribution in [-0.4, -0.2) is 21.5 Å². The highest BCUT2D eigenvalue weighted by Gasteiger charge is 2.08. The Bertz CT molecular complexity index is 576. The van der Waals surface area contributed by atoms with Crippen molar-refractivity contribution in [2.45, 2.75) is 32.6 Å². The highest BCUT2D eigenvalue weighted by molar-refractivity contribution is 7.22. The van der Waals surface area contributed by atoms with Gasteiger partial charge in [-0.25, -0.2) is 0 Å². The van der Waals surface area contributed by atoms with Crippen molar-refractivity contribution in [2.24, 2.45) is 0 Å². The smallest absolute Gasteiger partial charge is 0.272 e. The second kappa shape index (κ2) is 5.81. The number of aromatic nitrogens is 3. The number of thiazole rings is 1. The Hall–Kier alpha value is -1.63. The maximum absolute atomic E-state index is 11.6. The number of nitrogens with two attached hydrogens (primary N) is 1. The van der Waals surface area contributed by atoms with Crippen LogP contribution in [0.5, 0.6) is 0 Å². The fraction of sp³-hybridized carbons (Fsp3) is 0.545. The maximum Gasteiger partial charge on any atom is 0.272 e. The standard InChI is InChI=1S/C11H17N5OS/c1-2-3-4-5-6-13-11-15-8-7(18-11)9(17)16-10(12)14-8/h2-6H2,1H3,(H4,12,13,14,15,16,17). The fourth-order valence-corrected chi connectivity index (χ4v) is 2.50. The van der Waals surface area contributed by atoms with Gasteiger partial charge in [-0.3, -0.25) is 9.78 Å². The number of unbranched alkanes of at least 4 members (excludes halogenated alkanes) is 3. The van der Waals surface area contributed by atoms with Gasteiger partial charge in [0.2, 0.25) is 5.95 Å². The zero-order valence-corrected chi connectivity index (χ0v) is 11.1. The molecule has 7 heteroatoms. The molecule has 98 valence electrons. The van der Waals surface area contributed by atoms with Crippen molar-refractivity contribution >= 4 is 32.8 Å². The second-order valence-corrected chi connectivity index (χ2v) is 5.11. The number of H-pyrrole nitrogens is 1. The molecule has 4 N–H and O–H groups in total. The van der Waals surface area contributed by atoms with E-state index < -0.39 is 0 Å². The van der Waals surface area contributed by atoms with Crippen LogP contribution in [-0.2, 0) is 0 Å². The number of anilines is 2. The van der Waals surface area contributed by atoms with E-state index in [0.29, 0.717) is 10.3 Å². The normalized spacial score (nSPS) is 10.9. The molecule has 6 nitrogen and oxygen atoms in total. The van der Waals surface area contributed by atoms with E-state index in [0.717, 1.165) is 18.1 Å². The fourth-order valence-electron chi connectivity index (χ4n) is 1.67. The minimum atomic E-state index is -0.228. The first kappa shape index (κ1) is 12.8. The number of nitrogens with zero attached hydrogens (tertiary/aromatic N) is 2. The molecule has 0 aliphatic rings. The Kier molecular flexibility index (Phi) is 4.14. The van der Waals surface area contributed by atoms with Gasteiger partial charge in [0, 0.05) is 6.54 Å². The van der Waals surface area contributed by atoms with Gasteiger partial charge in [0.15, 0.2) is 10.8 Å². The summed E-state index contributed by atoms with van der Waals surface area (Å²) in [6.07, 6.45) is 4.79. The highest BCUT2D eigenvalue weighted by Crippen LogP contribution is 2.21. The largest absolute Gasteiger partial charge is 0.369 e. The third kappa shape index (κ3) is 2.98. The third-order valence-corrected chi connectivity index (χ3v) is 3.59. The van der Waals surface area contributed by atoms with E-state index in [-0.39, 0.29) is 11.5 Å². The van der Waals surface area contributed by atoms with Gasteiger partial charge in [-0.15, -0.1) is 0 Å². The van der Waals surface area contributed by atoms with Gasteiger partial charge >= 0.3 is 0 Å². The Balaban J connectivity index is 2.02. The van der Waals surface area contributed by atoms with Crippen LogP contribution in [0, 0.1) is 0 Å². The molecular formula is C11H17N5OS. The van der Waals surface area contributed by atoms with Crippen LogP contribution in [0.4, 0.5) is 11.1 Å². The molecule has 0 bridgehead atoms. The summed E-state index contributed by atoms with van der Waals surface area (Å²) in [5.41, 5.74) is 5.65. The van der Waals surface area contributed by atoms with Crippen molar-refractivity contribution in [3.05, 3.63) is 10.4 Å². The number of aromatic amines is 1. The summed E-state index contributed by atoms with van der Waals surface area (Å²) in [6, 6.07) is 0. The molecule has 0 aliphatic carbocycles. The van der Waals surface area contributed by atoms with Crippen LogP contribution in [0.25, 0.3) is 10.3 Å². The molecule has 0 radical (unpaired) electrons. The first-order valence-electron chi connectivity index (χ1n) is 6.11. The molecule has 0 atom stereocenters. The topological polar surface area (TPSA) is 96.7 Å². The van der Waals surface area contributed by atoms with Gasteiger partial charge in [0.05, 0.1) is 0 Å². The van der Waals surface area contributed by atoms with Crippen LogP contribution < -0.4 is 16.6 Å². The van der Waals surface area contributed by atoms with Gasteiger partial charge in [-0.05, 0) is 6.42 Å². The summed E-state index contributed by atoms with van der Waals surface area (Å²) in [7, 11) is 0. The van der Waals surface area contributed by atoms with Crippen LogP contribution in [0.15, 0.2) is 4.79 Å². The van der Waals surface area contributed by atoms with E-state index in [1.165, 1.54) is 30.6 Å². The molecule has 18 heavy (non-hydrogen) atoms. The molecule has 0 saturated heterocycles. The minimum Gasteiger partial charge on any atom is -0.369 e. The Labute approximate surface area is 109 Å². The predicted molar refractivity (Wildman–Crippen MR) is 75.1 cm³/mol. The second-order valence-electron chi connectivity index (χ2n) is 4.11. The number of hydrogen-bond acceptors (Lipinski definition) is 6. The lowest BCUT2D eigenvalue weighted by atomic mass is 10.2. The van der Waals surface area contributed by atoms with Gasteiger partial charge in [0.25, 0.3) is 5.56 Å². The number of nitrogens with one attached hydrogen (secondary N) is 2. The summed E-state index contributed by atoms with van der Waals surface area (Å²) in [5.74, 6) is 0.104. The van der Waals surface area contributed by atoms with Gasteiger partial charge in [0.1, 0.15) is 4.70 Å². The SMILES string of the molecule is CCCCCCNc1nc2nc(N)[nH]c(=O)c2s1. The monoisotopic (exact) mass is 267 g/mol. The van der Waals surface area contributed by atoms with E-state index in [1.807, 2.05) is 0 Å².